The molecule has 0 amide bonds. The van der Waals surface area contributed by atoms with Gasteiger partial charge < -0.3 is 53.6 Å². The minimum absolute atomic E-state index is 0.00302. The van der Waals surface area contributed by atoms with Gasteiger partial charge in [-0.3, -0.25) is 19.2 Å². The first kappa shape index (κ1) is 40.8. The van der Waals surface area contributed by atoms with Gasteiger partial charge >= 0.3 is 23.9 Å². The molecule has 0 radical (unpaired) electrons. The number of esters is 4. The van der Waals surface area contributed by atoms with E-state index in [-0.39, 0.29) is 12.8 Å². The number of carbonyl (C=O) groups is 4. The van der Waals surface area contributed by atoms with Crippen LogP contribution in [0.5, 0.6) is 0 Å². The molecule has 0 aromatic rings. The molecule has 0 aliphatic carbocycles. The van der Waals surface area contributed by atoms with Gasteiger partial charge in [0.05, 0.1) is 6.61 Å². The SMILES string of the molecule is CC(=O)OC[C@H]1O[C@H](OC[C@@]2(O)O[C@H](CO)[C@@H](OC(C)=O)[C@@H]2OC(=O)CCCCC(C)C)[C@H](O)[C@@H](O)[C@@H]1OC(=O)CCCCC(C)C. The van der Waals surface area contributed by atoms with Crippen molar-refractivity contribution in [1.82, 2.24) is 0 Å². The van der Waals surface area contributed by atoms with Gasteiger partial charge in [-0.25, -0.2) is 0 Å². The van der Waals surface area contributed by atoms with Crippen LogP contribution in [0.4, 0.5) is 0 Å². The number of aliphatic hydroxyl groups is 4. The van der Waals surface area contributed by atoms with E-state index in [4.69, 9.17) is 33.2 Å². The zero-order valence-electron chi connectivity index (χ0n) is 28.3. The van der Waals surface area contributed by atoms with Gasteiger partial charge in [-0.05, 0) is 24.7 Å². The molecule has 272 valence electrons. The van der Waals surface area contributed by atoms with Gasteiger partial charge in [0, 0.05) is 26.7 Å². The minimum atomic E-state index is -2.50. The molecule has 0 unspecified atom stereocenters. The lowest BCUT2D eigenvalue weighted by molar-refractivity contribution is -0.333. The van der Waals surface area contributed by atoms with Crippen molar-refractivity contribution in [3.05, 3.63) is 0 Å². The summed E-state index contributed by atoms with van der Waals surface area (Å²) in [6.07, 6.45) is -7.85. The summed E-state index contributed by atoms with van der Waals surface area (Å²) in [5.41, 5.74) is 0. The smallest absolute Gasteiger partial charge is 0.306 e. The van der Waals surface area contributed by atoms with Gasteiger partial charge in [-0.2, -0.15) is 0 Å². The van der Waals surface area contributed by atoms with Crippen LogP contribution in [0.2, 0.25) is 0 Å². The van der Waals surface area contributed by atoms with Crippen molar-refractivity contribution in [3.63, 3.8) is 0 Å². The number of hydrogen-bond acceptors (Lipinski definition) is 15. The first-order valence-corrected chi connectivity index (χ1v) is 16.4. The summed E-state index contributed by atoms with van der Waals surface area (Å²) in [6.45, 7) is 8.43. The molecule has 4 N–H and O–H groups in total. The second kappa shape index (κ2) is 19.6. The van der Waals surface area contributed by atoms with Gasteiger partial charge in [0.1, 0.15) is 37.6 Å². The van der Waals surface area contributed by atoms with Crippen LogP contribution in [-0.2, 0) is 52.3 Å². The molecular formula is C32H54O15. The van der Waals surface area contributed by atoms with E-state index >= 15 is 0 Å². The Morgan fingerprint density at radius 2 is 1.34 bits per heavy atom. The van der Waals surface area contributed by atoms with E-state index in [0.29, 0.717) is 24.7 Å². The quantitative estimate of drug-likeness (QED) is 0.0860. The summed E-state index contributed by atoms with van der Waals surface area (Å²) in [5.74, 6) is -4.41. The van der Waals surface area contributed by atoms with Gasteiger partial charge in [-0.1, -0.05) is 53.4 Å². The average molecular weight is 679 g/mol. The molecular weight excluding hydrogens is 624 g/mol. The van der Waals surface area contributed by atoms with Gasteiger partial charge in [0.25, 0.3) is 0 Å². The highest BCUT2D eigenvalue weighted by atomic mass is 16.8. The second-order valence-corrected chi connectivity index (χ2v) is 13.0. The van der Waals surface area contributed by atoms with Crippen LogP contribution in [0.15, 0.2) is 0 Å². The third-order valence-corrected chi connectivity index (χ3v) is 7.84. The van der Waals surface area contributed by atoms with Crippen LogP contribution >= 0.6 is 0 Å². The normalized spacial score (nSPS) is 30.7. The van der Waals surface area contributed by atoms with E-state index in [0.717, 1.165) is 39.5 Å². The molecule has 0 spiro atoms. The third kappa shape index (κ3) is 13.2. The van der Waals surface area contributed by atoms with Crippen LogP contribution in [0.25, 0.3) is 0 Å². The van der Waals surface area contributed by atoms with Crippen molar-refractivity contribution < 1.29 is 72.8 Å². The van der Waals surface area contributed by atoms with Crippen molar-refractivity contribution in [2.45, 2.75) is 148 Å². The molecule has 9 atom stereocenters. The average Bonchev–Trinajstić information content (AvgIpc) is 3.24. The lowest BCUT2D eigenvalue weighted by atomic mass is 9.98. The number of ether oxygens (including phenoxy) is 7. The van der Waals surface area contributed by atoms with Crippen LogP contribution < -0.4 is 0 Å². The number of aliphatic hydroxyl groups excluding tert-OH is 3. The Hall–Kier alpha value is -2.40. The first-order valence-electron chi connectivity index (χ1n) is 16.4. The lowest BCUT2D eigenvalue weighted by Crippen LogP contribution is -2.61. The number of hydrogen-bond donors (Lipinski definition) is 4. The molecule has 0 aromatic carbocycles. The maximum atomic E-state index is 12.8. The molecule has 15 heteroatoms. The number of carbonyl (C=O) groups excluding carboxylic acids is 4. The highest BCUT2D eigenvalue weighted by molar-refractivity contribution is 5.70. The molecule has 2 saturated heterocycles. The zero-order chi connectivity index (χ0) is 35.3. The molecule has 2 aliphatic rings. The van der Waals surface area contributed by atoms with Crippen molar-refractivity contribution in [3.8, 4) is 0 Å². The Kier molecular flexibility index (Phi) is 17.0. The summed E-state index contributed by atoms with van der Waals surface area (Å²) >= 11 is 0. The largest absolute Gasteiger partial charge is 0.463 e. The van der Waals surface area contributed by atoms with E-state index in [1.807, 2.05) is 0 Å². The fourth-order valence-electron chi connectivity index (χ4n) is 5.37. The predicted octanol–water partition coefficient (Wildman–Crippen LogP) is 1.28. The molecule has 2 fully saturated rings. The summed E-state index contributed by atoms with van der Waals surface area (Å²) in [6, 6.07) is 0. The summed E-state index contributed by atoms with van der Waals surface area (Å²) in [5, 5.41) is 43.2. The summed E-state index contributed by atoms with van der Waals surface area (Å²) < 4.78 is 38.2. The molecule has 0 aromatic heterocycles. The Bertz CT molecular complexity index is 1000. The summed E-state index contributed by atoms with van der Waals surface area (Å²) in [7, 11) is 0. The van der Waals surface area contributed by atoms with E-state index in [1.54, 1.807) is 0 Å². The molecule has 2 aliphatic heterocycles. The second-order valence-electron chi connectivity index (χ2n) is 13.0. The Labute approximate surface area is 276 Å². The highest BCUT2D eigenvalue weighted by Gasteiger charge is 2.59. The topological polar surface area (TPSA) is 214 Å². The van der Waals surface area contributed by atoms with E-state index < -0.39 is 98.5 Å². The van der Waals surface area contributed by atoms with Crippen LogP contribution in [-0.4, -0.2) is 119 Å². The van der Waals surface area contributed by atoms with Gasteiger partial charge in [0.2, 0.25) is 5.79 Å². The Morgan fingerprint density at radius 1 is 0.766 bits per heavy atom. The van der Waals surface area contributed by atoms with Crippen molar-refractivity contribution >= 4 is 23.9 Å². The molecule has 0 saturated carbocycles. The molecule has 0 bridgehead atoms. The number of unbranched alkanes of at least 4 members (excludes halogenated alkanes) is 2. The molecule has 47 heavy (non-hydrogen) atoms. The Balaban J connectivity index is 2.17. The van der Waals surface area contributed by atoms with Crippen LogP contribution in [0.1, 0.15) is 92.9 Å². The maximum absolute atomic E-state index is 12.8. The molecule has 2 rings (SSSR count). The minimum Gasteiger partial charge on any atom is -0.463 e. The molecule has 2 heterocycles. The first-order chi connectivity index (χ1) is 22.1. The fraction of sp³-hybridized carbons (Fsp3) is 0.875. The number of rotatable bonds is 19. The lowest BCUT2D eigenvalue weighted by Gasteiger charge is -2.42. The zero-order valence-corrected chi connectivity index (χ0v) is 28.3. The third-order valence-electron chi connectivity index (χ3n) is 7.84. The van der Waals surface area contributed by atoms with Crippen molar-refractivity contribution in [2.24, 2.45) is 11.8 Å². The van der Waals surface area contributed by atoms with E-state index in [1.165, 1.54) is 0 Å². The maximum Gasteiger partial charge on any atom is 0.306 e. The standard InChI is InChI=1S/C32H54O15/c1-18(2)11-7-9-13-24(36)45-28-23(16-41-20(5)34)44-31(27(39)26(28)38)42-17-32(40)30(29(43-21(6)35)22(15-33)47-32)46-25(37)14-10-8-12-19(3)4/h18-19,22-23,26-31,33,38-40H,7-17H2,1-6H3/t22-,23-,26-,27-,28-,29-,30+,31+,32-/m1/s1. The molecule has 15 nitrogen and oxygen atoms in total. The van der Waals surface area contributed by atoms with Crippen LogP contribution in [0, 0.1) is 11.8 Å². The highest BCUT2D eigenvalue weighted by Crippen LogP contribution is 2.36. The summed E-state index contributed by atoms with van der Waals surface area (Å²) in [4.78, 5) is 48.7. The van der Waals surface area contributed by atoms with Crippen LogP contribution in [0.3, 0.4) is 0 Å². The predicted molar refractivity (Wildman–Crippen MR) is 162 cm³/mol. The fourth-order valence-corrected chi connectivity index (χ4v) is 5.37. The van der Waals surface area contributed by atoms with Gasteiger partial charge in [0.15, 0.2) is 24.6 Å². The van der Waals surface area contributed by atoms with Crippen molar-refractivity contribution in [1.29, 1.82) is 0 Å². The monoisotopic (exact) mass is 678 g/mol. The van der Waals surface area contributed by atoms with Gasteiger partial charge in [-0.15, -0.1) is 0 Å². The Morgan fingerprint density at radius 3 is 1.85 bits per heavy atom. The van der Waals surface area contributed by atoms with E-state index in [9.17, 15) is 39.6 Å². The van der Waals surface area contributed by atoms with E-state index in [2.05, 4.69) is 27.7 Å². The van der Waals surface area contributed by atoms with Crippen molar-refractivity contribution in [2.75, 3.05) is 19.8 Å².